The van der Waals surface area contributed by atoms with Crippen LogP contribution in [0, 0.1) is 0 Å². The monoisotopic (exact) mass is 416 g/mol. The molecule has 5 nitrogen and oxygen atoms in total. The van der Waals surface area contributed by atoms with Gasteiger partial charge in [-0.05, 0) is 18.4 Å². The summed E-state index contributed by atoms with van der Waals surface area (Å²) in [6.07, 6.45) is 1.71. The highest BCUT2D eigenvalue weighted by molar-refractivity contribution is 14.0. The van der Waals surface area contributed by atoms with Gasteiger partial charge in [-0.25, -0.2) is 0 Å². The van der Waals surface area contributed by atoms with E-state index in [1.807, 2.05) is 6.07 Å². The zero-order chi connectivity index (χ0) is 14.5. The lowest BCUT2D eigenvalue weighted by Gasteiger charge is -2.26. The number of halogens is 1. The largest absolute Gasteiger partial charge is 0.392 e. The van der Waals surface area contributed by atoms with Crippen molar-refractivity contribution in [1.29, 1.82) is 0 Å². The molecular weight excluding hydrogens is 391 g/mol. The first-order chi connectivity index (χ1) is 10.3. The Morgan fingerprint density at radius 3 is 2.86 bits per heavy atom. The molecule has 122 valence electrons. The summed E-state index contributed by atoms with van der Waals surface area (Å²) in [5.41, 5.74) is 1.30. The molecule has 0 aliphatic carbocycles. The molecule has 0 spiro atoms. The number of hydrogen-bond acceptors (Lipinski definition) is 5. The first kappa shape index (κ1) is 17.5. The first-order valence-electron chi connectivity index (χ1n) is 7.79. The minimum Gasteiger partial charge on any atom is -0.392 e. The topological polar surface area (TPSA) is 59.9 Å². The van der Waals surface area contributed by atoms with Gasteiger partial charge >= 0.3 is 0 Å². The molecule has 1 saturated heterocycles. The third kappa shape index (κ3) is 4.82. The summed E-state index contributed by atoms with van der Waals surface area (Å²) in [4.78, 5) is 6.79. The van der Waals surface area contributed by atoms with Crippen molar-refractivity contribution in [2.45, 2.75) is 31.5 Å². The number of likely N-dealkylation sites (tertiary alicyclic amines) is 1. The Morgan fingerprint density at radius 1 is 1.32 bits per heavy atom. The zero-order valence-electron chi connectivity index (χ0n) is 12.7. The molecule has 2 heterocycles. The van der Waals surface area contributed by atoms with E-state index in [0.29, 0.717) is 6.04 Å². The number of rotatable bonds is 4. The van der Waals surface area contributed by atoms with Gasteiger partial charge in [0.15, 0.2) is 5.96 Å². The minimum atomic E-state index is -0.221. The van der Waals surface area contributed by atoms with E-state index < -0.39 is 0 Å². The van der Waals surface area contributed by atoms with Gasteiger partial charge in [-0.3, -0.25) is 9.89 Å². The van der Waals surface area contributed by atoms with Crippen LogP contribution in [0.2, 0.25) is 0 Å². The van der Waals surface area contributed by atoms with Gasteiger partial charge in [0.05, 0.1) is 6.10 Å². The Morgan fingerprint density at radius 2 is 2.14 bits per heavy atom. The molecule has 0 saturated carbocycles. The molecule has 3 N–H and O–H groups in total. The standard InChI is InChI=1S/C16H24N4O.HI/c21-15-9-14(10-19-16-17-7-4-8-18-16)20(12-15)11-13-5-2-1-3-6-13;/h1-3,5-6,14-15,21H,4,7-12H2,(H2,17,18,19);1H. The third-order valence-corrected chi connectivity index (χ3v) is 4.14. The molecular formula is C16H25IN4O. The number of hydrogen-bond donors (Lipinski definition) is 3. The van der Waals surface area contributed by atoms with Gasteiger partial charge in [0.1, 0.15) is 0 Å². The average molecular weight is 416 g/mol. The quantitative estimate of drug-likeness (QED) is 0.646. The van der Waals surface area contributed by atoms with E-state index in [2.05, 4.69) is 44.8 Å². The van der Waals surface area contributed by atoms with E-state index in [4.69, 9.17) is 0 Å². The van der Waals surface area contributed by atoms with E-state index >= 15 is 0 Å². The zero-order valence-corrected chi connectivity index (χ0v) is 15.1. The molecule has 0 radical (unpaired) electrons. The molecule has 1 aromatic carbocycles. The molecule has 2 aliphatic rings. The molecule has 1 aromatic rings. The Bertz CT molecular complexity index is 482. The number of β-amino-alcohol motifs (C(OH)–C–C–N with tert-alkyl or cyclic N) is 1. The molecule has 0 amide bonds. The van der Waals surface area contributed by atoms with Crippen LogP contribution in [0.3, 0.4) is 0 Å². The molecule has 3 rings (SSSR count). The van der Waals surface area contributed by atoms with Gasteiger partial charge in [0, 0.05) is 38.8 Å². The van der Waals surface area contributed by atoms with E-state index in [-0.39, 0.29) is 30.1 Å². The van der Waals surface area contributed by atoms with E-state index in [1.54, 1.807) is 0 Å². The number of aliphatic hydroxyl groups is 1. The highest BCUT2D eigenvalue weighted by Gasteiger charge is 2.30. The van der Waals surface area contributed by atoms with Crippen LogP contribution in [0.5, 0.6) is 0 Å². The number of guanidine groups is 1. The number of benzene rings is 1. The summed E-state index contributed by atoms with van der Waals surface area (Å²) >= 11 is 0. The van der Waals surface area contributed by atoms with Gasteiger partial charge in [-0.1, -0.05) is 30.3 Å². The maximum absolute atomic E-state index is 9.97. The fraction of sp³-hybridized carbons (Fsp3) is 0.562. The summed E-state index contributed by atoms with van der Waals surface area (Å²) in [7, 11) is 0. The predicted octanol–water partition coefficient (Wildman–Crippen LogP) is 1.18. The van der Waals surface area contributed by atoms with Gasteiger partial charge in [0.25, 0.3) is 0 Å². The van der Waals surface area contributed by atoms with Gasteiger partial charge in [0.2, 0.25) is 0 Å². The predicted molar refractivity (Wildman–Crippen MR) is 99.6 cm³/mol. The second-order valence-corrected chi connectivity index (χ2v) is 5.85. The Labute approximate surface area is 149 Å². The summed E-state index contributed by atoms with van der Waals surface area (Å²) < 4.78 is 0. The van der Waals surface area contributed by atoms with Crippen LogP contribution < -0.4 is 10.6 Å². The van der Waals surface area contributed by atoms with Crippen molar-refractivity contribution in [3.8, 4) is 0 Å². The molecule has 22 heavy (non-hydrogen) atoms. The maximum Gasteiger partial charge on any atom is 0.191 e. The second-order valence-electron chi connectivity index (χ2n) is 5.85. The first-order valence-corrected chi connectivity index (χ1v) is 7.79. The van der Waals surface area contributed by atoms with Crippen molar-refractivity contribution in [2.24, 2.45) is 4.99 Å². The molecule has 1 fully saturated rings. The molecule has 2 unspecified atom stereocenters. The molecule has 6 heteroatoms. The summed E-state index contributed by atoms with van der Waals surface area (Å²) in [5.74, 6) is 0.905. The summed E-state index contributed by atoms with van der Waals surface area (Å²) in [5, 5.41) is 16.6. The van der Waals surface area contributed by atoms with Gasteiger partial charge in [-0.15, -0.1) is 24.0 Å². The fourth-order valence-corrected chi connectivity index (χ4v) is 3.05. The van der Waals surface area contributed by atoms with Crippen LogP contribution in [-0.2, 0) is 6.54 Å². The van der Waals surface area contributed by atoms with Crippen LogP contribution in [0.4, 0.5) is 0 Å². The SMILES string of the molecule is I.OC1CC(CNC2=NCCCN2)N(Cc2ccccc2)C1. The van der Waals surface area contributed by atoms with E-state index in [1.165, 1.54) is 5.56 Å². The van der Waals surface area contributed by atoms with Gasteiger partial charge in [-0.2, -0.15) is 0 Å². The van der Waals surface area contributed by atoms with Crippen molar-refractivity contribution in [3.63, 3.8) is 0 Å². The van der Waals surface area contributed by atoms with Crippen molar-refractivity contribution in [2.75, 3.05) is 26.2 Å². The second kappa shape index (κ2) is 8.69. The van der Waals surface area contributed by atoms with Crippen molar-refractivity contribution >= 4 is 29.9 Å². The van der Waals surface area contributed by atoms with E-state index in [9.17, 15) is 5.11 Å². The van der Waals surface area contributed by atoms with Crippen LogP contribution in [0.15, 0.2) is 35.3 Å². The highest BCUT2D eigenvalue weighted by Crippen LogP contribution is 2.20. The maximum atomic E-state index is 9.97. The number of nitrogens with one attached hydrogen (secondary N) is 2. The van der Waals surface area contributed by atoms with E-state index in [0.717, 1.165) is 51.5 Å². The van der Waals surface area contributed by atoms with Crippen molar-refractivity contribution in [1.82, 2.24) is 15.5 Å². The smallest absolute Gasteiger partial charge is 0.191 e. The van der Waals surface area contributed by atoms with Crippen molar-refractivity contribution in [3.05, 3.63) is 35.9 Å². The molecule has 2 aliphatic heterocycles. The lowest BCUT2D eigenvalue weighted by molar-refractivity contribution is 0.172. The molecule has 0 bridgehead atoms. The highest BCUT2D eigenvalue weighted by atomic mass is 127. The van der Waals surface area contributed by atoms with Gasteiger partial charge < -0.3 is 15.7 Å². The Balaban J connectivity index is 0.00000176. The molecule has 2 atom stereocenters. The third-order valence-electron chi connectivity index (χ3n) is 4.14. The Kier molecular flexibility index (Phi) is 6.91. The van der Waals surface area contributed by atoms with Crippen LogP contribution in [0.25, 0.3) is 0 Å². The van der Waals surface area contributed by atoms with Crippen molar-refractivity contribution < 1.29 is 5.11 Å². The normalized spacial score (nSPS) is 25.0. The summed E-state index contributed by atoms with van der Waals surface area (Å²) in [6.45, 7) is 4.37. The number of nitrogens with zero attached hydrogens (tertiary/aromatic N) is 2. The lowest BCUT2D eigenvalue weighted by atomic mass is 10.1. The average Bonchev–Trinajstić information content (AvgIpc) is 2.87. The number of aliphatic imine (C=N–C) groups is 1. The van der Waals surface area contributed by atoms with Crippen LogP contribution in [0.1, 0.15) is 18.4 Å². The minimum absolute atomic E-state index is 0. The Hall–Kier alpha value is -0.860. The van der Waals surface area contributed by atoms with Crippen LogP contribution >= 0.6 is 24.0 Å². The molecule has 0 aromatic heterocycles. The van der Waals surface area contributed by atoms with Crippen LogP contribution in [-0.4, -0.2) is 54.3 Å². The lowest BCUT2D eigenvalue weighted by Crippen LogP contribution is -2.46. The number of aliphatic hydroxyl groups excluding tert-OH is 1. The summed E-state index contributed by atoms with van der Waals surface area (Å²) in [6, 6.07) is 10.8. The fourth-order valence-electron chi connectivity index (χ4n) is 3.05.